The largest absolute Gasteiger partial charge is 0.489 e. The van der Waals surface area contributed by atoms with Gasteiger partial charge in [-0.2, -0.15) is 0 Å². The number of carbonyl (C=O) groups excluding carboxylic acids is 1. The maximum atomic E-state index is 12.4. The zero-order valence-corrected chi connectivity index (χ0v) is 22.3. The van der Waals surface area contributed by atoms with E-state index < -0.39 is 5.91 Å². The Morgan fingerprint density at radius 3 is 2.46 bits per heavy atom. The molecule has 6 aromatic rings. The van der Waals surface area contributed by atoms with Crippen LogP contribution in [0.4, 0.5) is 0 Å². The lowest BCUT2D eigenvalue weighted by atomic mass is 10.0. The van der Waals surface area contributed by atoms with Crippen LogP contribution >= 0.6 is 23.2 Å². The molecule has 2 N–H and O–H groups in total. The Hall–Kier alpha value is -4.25. The van der Waals surface area contributed by atoms with Gasteiger partial charge in [-0.3, -0.25) is 4.79 Å². The number of amides is 1. The number of carbonyl (C=O) groups is 1. The van der Waals surface area contributed by atoms with E-state index in [1.165, 1.54) is 0 Å². The Kier molecular flexibility index (Phi) is 6.74. The van der Waals surface area contributed by atoms with Gasteiger partial charge in [0.1, 0.15) is 12.4 Å². The van der Waals surface area contributed by atoms with E-state index in [0.29, 0.717) is 28.8 Å². The lowest BCUT2D eigenvalue weighted by Crippen LogP contribution is -2.11. The quantitative estimate of drug-likeness (QED) is 0.217. The summed E-state index contributed by atoms with van der Waals surface area (Å²) in [5.41, 5.74) is 11.9. The molecule has 0 saturated carbocycles. The van der Waals surface area contributed by atoms with Gasteiger partial charge in [-0.1, -0.05) is 83.9 Å². The van der Waals surface area contributed by atoms with Crippen LogP contribution in [-0.2, 0) is 13.2 Å². The first-order valence-electron chi connectivity index (χ1n) is 12.5. The molecule has 191 valence electrons. The standard InChI is InChI=1S/C33H23Cl2N2O2/c34-24-14-16-25(28(35)18-24)22-13-15-26-30(17-22)37(29-11-6-10-27(32(26)29)33(36)38)19-23-9-4-5-12-31(23)39-20-21-7-2-1-3-8-21/h1-14,16-18H,19-20H2,(H2,36,38). The first-order valence-corrected chi connectivity index (χ1v) is 13.2. The number of fused-ring (bicyclic) bond motifs is 3. The third kappa shape index (κ3) is 4.85. The van der Waals surface area contributed by atoms with Gasteiger partial charge < -0.3 is 15.0 Å². The van der Waals surface area contributed by atoms with Crippen molar-refractivity contribution < 1.29 is 9.53 Å². The van der Waals surface area contributed by atoms with Crippen LogP contribution in [0.3, 0.4) is 0 Å². The Morgan fingerprint density at radius 2 is 1.67 bits per heavy atom. The number of nitrogens with two attached hydrogens (primary N) is 1. The van der Waals surface area contributed by atoms with E-state index in [0.717, 1.165) is 49.8 Å². The van der Waals surface area contributed by atoms with Gasteiger partial charge in [-0.05, 0) is 59.7 Å². The number of hydrogen-bond acceptors (Lipinski definition) is 2. The Morgan fingerprint density at radius 1 is 0.872 bits per heavy atom. The van der Waals surface area contributed by atoms with Gasteiger partial charge in [0, 0.05) is 37.5 Å². The Bertz CT molecular complexity index is 1840. The van der Waals surface area contributed by atoms with Crippen LogP contribution in [0.25, 0.3) is 32.9 Å². The number of halogens is 2. The van der Waals surface area contributed by atoms with E-state index in [4.69, 9.17) is 33.7 Å². The summed E-state index contributed by atoms with van der Waals surface area (Å²) in [7, 11) is 0. The van der Waals surface area contributed by atoms with E-state index in [9.17, 15) is 4.79 Å². The SMILES string of the molecule is NC(=O)c1cccc2c1c1[c]cc(-c3ccc(Cl)cc3Cl)cc1n2Cc1ccccc1OCc1ccccc1. The molecule has 1 heterocycles. The van der Waals surface area contributed by atoms with Gasteiger partial charge in [0.15, 0.2) is 0 Å². The molecule has 6 rings (SSSR count). The monoisotopic (exact) mass is 549 g/mol. The van der Waals surface area contributed by atoms with Crippen molar-refractivity contribution in [1.29, 1.82) is 0 Å². The van der Waals surface area contributed by atoms with Crippen LogP contribution in [0.5, 0.6) is 5.75 Å². The van der Waals surface area contributed by atoms with Crippen molar-refractivity contribution in [1.82, 2.24) is 4.57 Å². The molecule has 0 saturated heterocycles. The Labute approximate surface area is 236 Å². The number of hydrogen-bond donors (Lipinski definition) is 1. The summed E-state index contributed by atoms with van der Waals surface area (Å²) in [5, 5.41) is 2.71. The van der Waals surface area contributed by atoms with Crippen molar-refractivity contribution in [2.75, 3.05) is 0 Å². The predicted octanol–water partition coefficient (Wildman–Crippen LogP) is 8.29. The van der Waals surface area contributed by atoms with Crippen molar-refractivity contribution in [3.8, 4) is 16.9 Å². The highest BCUT2D eigenvalue weighted by Gasteiger charge is 2.19. The third-order valence-electron chi connectivity index (χ3n) is 6.84. The lowest BCUT2D eigenvalue weighted by Gasteiger charge is -2.14. The molecular weight excluding hydrogens is 527 g/mol. The van der Waals surface area contributed by atoms with Gasteiger partial charge in [-0.25, -0.2) is 0 Å². The summed E-state index contributed by atoms with van der Waals surface area (Å²) in [6.45, 7) is 0.975. The predicted molar refractivity (Wildman–Crippen MR) is 159 cm³/mol. The molecule has 4 nitrogen and oxygen atoms in total. The van der Waals surface area contributed by atoms with Crippen molar-refractivity contribution in [3.05, 3.63) is 136 Å². The molecule has 0 atom stereocenters. The van der Waals surface area contributed by atoms with E-state index in [1.54, 1.807) is 12.1 Å². The summed E-state index contributed by atoms with van der Waals surface area (Å²) < 4.78 is 8.43. The summed E-state index contributed by atoms with van der Waals surface area (Å²) in [5.74, 6) is 0.313. The van der Waals surface area contributed by atoms with Crippen molar-refractivity contribution in [2.24, 2.45) is 5.73 Å². The fourth-order valence-corrected chi connectivity index (χ4v) is 5.51. The smallest absolute Gasteiger partial charge is 0.249 e. The third-order valence-corrected chi connectivity index (χ3v) is 7.39. The number of rotatable bonds is 7. The number of para-hydroxylation sites is 1. The number of primary amides is 1. The molecule has 1 aromatic heterocycles. The second kappa shape index (κ2) is 10.5. The highest BCUT2D eigenvalue weighted by Crippen LogP contribution is 2.37. The molecule has 39 heavy (non-hydrogen) atoms. The molecule has 6 heteroatoms. The van der Waals surface area contributed by atoms with Crippen LogP contribution in [-0.4, -0.2) is 10.5 Å². The average Bonchev–Trinajstić information content (AvgIpc) is 3.26. The average molecular weight is 550 g/mol. The lowest BCUT2D eigenvalue weighted by molar-refractivity contribution is 0.100. The van der Waals surface area contributed by atoms with E-state index in [2.05, 4.69) is 22.8 Å². The first-order chi connectivity index (χ1) is 19.0. The minimum absolute atomic E-state index is 0.457. The second-order valence-corrected chi connectivity index (χ2v) is 10.1. The number of benzene rings is 5. The van der Waals surface area contributed by atoms with Gasteiger partial charge in [0.25, 0.3) is 0 Å². The fraction of sp³-hybridized carbons (Fsp3) is 0.0606. The molecule has 0 aliphatic rings. The molecule has 5 aromatic carbocycles. The maximum absolute atomic E-state index is 12.4. The summed E-state index contributed by atoms with van der Waals surface area (Å²) in [6, 6.07) is 36.5. The van der Waals surface area contributed by atoms with Gasteiger partial charge in [0.2, 0.25) is 5.91 Å². The fourth-order valence-electron chi connectivity index (χ4n) is 4.99. The molecule has 1 amide bonds. The Balaban J connectivity index is 1.50. The van der Waals surface area contributed by atoms with Crippen LogP contribution < -0.4 is 10.5 Å². The van der Waals surface area contributed by atoms with Crippen LogP contribution in [0.1, 0.15) is 21.5 Å². The first kappa shape index (κ1) is 25.1. The van der Waals surface area contributed by atoms with Gasteiger partial charge in [-0.15, -0.1) is 0 Å². The summed E-state index contributed by atoms with van der Waals surface area (Å²) in [4.78, 5) is 12.4. The molecule has 0 bridgehead atoms. The topological polar surface area (TPSA) is 57.2 Å². The van der Waals surface area contributed by atoms with Crippen LogP contribution in [0, 0.1) is 6.07 Å². The molecule has 0 unspecified atom stereocenters. The van der Waals surface area contributed by atoms with E-state index in [1.807, 2.05) is 78.9 Å². The van der Waals surface area contributed by atoms with Crippen molar-refractivity contribution >= 4 is 50.9 Å². The molecule has 1 radical (unpaired) electrons. The highest BCUT2D eigenvalue weighted by molar-refractivity contribution is 6.36. The zero-order valence-electron chi connectivity index (χ0n) is 20.8. The van der Waals surface area contributed by atoms with Gasteiger partial charge in [0.05, 0.1) is 17.6 Å². The van der Waals surface area contributed by atoms with E-state index >= 15 is 0 Å². The van der Waals surface area contributed by atoms with Crippen LogP contribution in [0.15, 0.2) is 103 Å². The van der Waals surface area contributed by atoms with Crippen LogP contribution in [0.2, 0.25) is 10.0 Å². The summed E-state index contributed by atoms with van der Waals surface area (Å²) >= 11 is 12.7. The van der Waals surface area contributed by atoms with Crippen molar-refractivity contribution in [2.45, 2.75) is 13.2 Å². The highest BCUT2D eigenvalue weighted by atomic mass is 35.5. The maximum Gasteiger partial charge on any atom is 0.249 e. The molecule has 0 aliphatic carbocycles. The number of nitrogens with zero attached hydrogens (tertiary/aromatic N) is 1. The molecule has 0 fully saturated rings. The zero-order chi connectivity index (χ0) is 26.9. The normalized spacial score (nSPS) is 11.2. The molecular formula is C33H23Cl2N2O2. The van der Waals surface area contributed by atoms with Gasteiger partial charge >= 0.3 is 0 Å². The minimum atomic E-state index is -0.482. The summed E-state index contributed by atoms with van der Waals surface area (Å²) in [6.07, 6.45) is 0. The molecule has 0 spiro atoms. The number of aromatic nitrogens is 1. The van der Waals surface area contributed by atoms with E-state index in [-0.39, 0.29) is 0 Å². The second-order valence-electron chi connectivity index (χ2n) is 9.30. The van der Waals surface area contributed by atoms with Crippen molar-refractivity contribution in [3.63, 3.8) is 0 Å². The minimum Gasteiger partial charge on any atom is -0.489 e. The number of ether oxygens (including phenoxy) is 1. The molecule has 0 aliphatic heterocycles.